The van der Waals surface area contributed by atoms with Gasteiger partial charge in [0.2, 0.25) is 5.91 Å². The van der Waals surface area contributed by atoms with Gasteiger partial charge in [-0.1, -0.05) is 38.1 Å². The second-order valence-electron chi connectivity index (χ2n) is 6.88. The number of carbonyl (C=O) groups is 2. The summed E-state index contributed by atoms with van der Waals surface area (Å²) >= 11 is 0. The van der Waals surface area contributed by atoms with Crippen LogP contribution in [0.4, 0.5) is 4.79 Å². The van der Waals surface area contributed by atoms with E-state index in [4.69, 9.17) is 0 Å². The van der Waals surface area contributed by atoms with Crippen LogP contribution in [-0.2, 0) is 11.2 Å². The summed E-state index contributed by atoms with van der Waals surface area (Å²) in [6, 6.07) is 8.33. The SMILES string of the molecule is CCCNC(=O)CN1CCN(C(=O)NC(C)c2ccc(CC)cc2)CC1. The quantitative estimate of drug-likeness (QED) is 0.783. The molecule has 0 aromatic heterocycles. The summed E-state index contributed by atoms with van der Waals surface area (Å²) in [7, 11) is 0. The Labute approximate surface area is 156 Å². The number of hydrogen-bond acceptors (Lipinski definition) is 3. The number of piperazine rings is 1. The monoisotopic (exact) mass is 360 g/mol. The molecule has 144 valence electrons. The summed E-state index contributed by atoms with van der Waals surface area (Å²) < 4.78 is 0. The molecule has 0 bridgehead atoms. The van der Waals surface area contributed by atoms with Crippen molar-refractivity contribution in [3.8, 4) is 0 Å². The molecule has 6 nitrogen and oxygen atoms in total. The van der Waals surface area contributed by atoms with Crippen molar-refractivity contribution in [3.63, 3.8) is 0 Å². The van der Waals surface area contributed by atoms with Gasteiger partial charge in [-0.2, -0.15) is 0 Å². The standard InChI is InChI=1S/C20H32N4O2/c1-4-10-21-19(25)15-23-11-13-24(14-12-23)20(26)22-16(3)18-8-6-17(5-2)7-9-18/h6-9,16H,4-5,10-15H2,1-3H3,(H,21,25)(H,22,26). The number of carbonyl (C=O) groups excluding carboxylic acids is 2. The topological polar surface area (TPSA) is 64.7 Å². The molecule has 0 saturated carbocycles. The molecule has 1 aromatic carbocycles. The highest BCUT2D eigenvalue weighted by Gasteiger charge is 2.23. The number of rotatable bonds is 7. The molecule has 0 aliphatic carbocycles. The number of nitrogens with one attached hydrogen (secondary N) is 2. The van der Waals surface area contributed by atoms with Crippen LogP contribution >= 0.6 is 0 Å². The molecule has 26 heavy (non-hydrogen) atoms. The third kappa shape index (κ3) is 6.02. The first-order valence-corrected chi connectivity index (χ1v) is 9.66. The Morgan fingerprint density at radius 2 is 1.73 bits per heavy atom. The highest BCUT2D eigenvalue weighted by atomic mass is 16.2. The second kappa shape index (κ2) is 10.2. The van der Waals surface area contributed by atoms with Gasteiger partial charge in [-0.25, -0.2) is 4.79 Å². The lowest BCUT2D eigenvalue weighted by molar-refractivity contribution is -0.122. The Morgan fingerprint density at radius 3 is 2.31 bits per heavy atom. The van der Waals surface area contributed by atoms with Crippen LogP contribution in [0.25, 0.3) is 0 Å². The van der Waals surface area contributed by atoms with Crippen molar-refractivity contribution in [2.24, 2.45) is 0 Å². The van der Waals surface area contributed by atoms with E-state index in [1.807, 2.05) is 18.7 Å². The first kappa shape index (κ1) is 20.2. The maximum Gasteiger partial charge on any atom is 0.317 e. The third-order valence-electron chi connectivity index (χ3n) is 4.83. The van der Waals surface area contributed by atoms with Gasteiger partial charge in [-0.05, 0) is 30.9 Å². The zero-order valence-electron chi connectivity index (χ0n) is 16.3. The highest BCUT2D eigenvalue weighted by molar-refractivity contribution is 5.78. The van der Waals surface area contributed by atoms with Gasteiger partial charge in [0.15, 0.2) is 0 Å². The van der Waals surface area contributed by atoms with Gasteiger partial charge in [-0.3, -0.25) is 9.69 Å². The largest absolute Gasteiger partial charge is 0.355 e. The minimum Gasteiger partial charge on any atom is -0.355 e. The Morgan fingerprint density at radius 1 is 1.08 bits per heavy atom. The molecule has 2 rings (SSSR count). The molecule has 2 N–H and O–H groups in total. The molecule has 0 radical (unpaired) electrons. The summed E-state index contributed by atoms with van der Waals surface area (Å²) in [5.74, 6) is 0.0638. The predicted molar refractivity (Wildman–Crippen MR) is 104 cm³/mol. The van der Waals surface area contributed by atoms with Gasteiger partial charge in [0.05, 0.1) is 12.6 Å². The molecule has 1 saturated heterocycles. The Hall–Kier alpha value is -2.08. The van der Waals surface area contributed by atoms with E-state index in [-0.39, 0.29) is 18.0 Å². The predicted octanol–water partition coefficient (Wildman–Crippen LogP) is 2.16. The highest BCUT2D eigenvalue weighted by Crippen LogP contribution is 2.14. The van der Waals surface area contributed by atoms with Crippen molar-refractivity contribution in [1.82, 2.24) is 20.4 Å². The maximum absolute atomic E-state index is 12.5. The second-order valence-corrected chi connectivity index (χ2v) is 6.88. The Bertz CT molecular complexity index is 580. The van der Waals surface area contributed by atoms with Gasteiger partial charge < -0.3 is 15.5 Å². The van der Waals surface area contributed by atoms with E-state index in [1.54, 1.807) is 0 Å². The van der Waals surface area contributed by atoms with Gasteiger partial charge in [0, 0.05) is 32.7 Å². The zero-order valence-corrected chi connectivity index (χ0v) is 16.3. The van der Waals surface area contributed by atoms with E-state index >= 15 is 0 Å². The van der Waals surface area contributed by atoms with Gasteiger partial charge in [0.25, 0.3) is 0 Å². The van der Waals surface area contributed by atoms with Crippen molar-refractivity contribution in [1.29, 1.82) is 0 Å². The molecule has 1 unspecified atom stereocenters. The van der Waals surface area contributed by atoms with E-state index < -0.39 is 0 Å². The molecule has 1 heterocycles. The Kier molecular flexibility index (Phi) is 7.91. The van der Waals surface area contributed by atoms with E-state index in [9.17, 15) is 9.59 Å². The molecule has 1 atom stereocenters. The van der Waals surface area contributed by atoms with Crippen LogP contribution < -0.4 is 10.6 Å². The molecular weight excluding hydrogens is 328 g/mol. The number of nitrogens with zero attached hydrogens (tertiary/aromatic N) is 2. The lowest BCUT2D eigenvalue weighted by Crippen LogP contribution is -2.53. The number of benzene rings is 1. The van der Waals surface area contributed by atoms with Crippen molar-refractivity contribution in [2.75, 3.05) is 39.3 Å². The summed E-state index contributed by atoms with van der Waals surface area (Å²) in [5.41, 5.74) is 2.41. The van der Waals surface area contributed by atoms with Crippen LogP contribution in [0.1, 0.15) is 44.4 Å². The molecule has 3 amide bonds. The number of hydrogen-bond donors (Lipinski definition) is 2. The minimum atomic E-state index is -0.0350. The van der Waals surface area contributed by atoms with E-state index in [1.165, 1.54) is 5.56 Å². The molecule has 0 spiro atoms. The van der Waals surface area contributed by atoms with Crippen LogP contribution in [0, 0.1) is 0 Å². The van der Waals surface area contributed by atoms with Gasteiger partial charge in [0.1, 0.15) is 0 Å². The molecular formula is C20H32N4O2. The van der Waals surface area contributed by atoms with Crippen LogP contribution in [0.15, 0.2) is 24.3 Å². The van der Waals surface area contributed by atoms with E-state index in [0.717, 1.165) is 38.0 Å². The Balaban J connectivity index is 1.76. The summed E-state index contributed by atoms with van der Waals surface area (Å²) in [5, 5.41) is 5.97. The molecule has 1 fully saturated rings. The van der Waals surface area contributed by atoms with E-state index in [2.05, 4.69) is 46.7 Å². The van der Waals surface area contributed by atoms with E-state index in [0.29, 0.717) is 19.6 Å². The lowest BCUT2D eigenvalue weighted by Gasteiger charge is -2.35. The van der Waals surface area contributed by atoms with Crippen molar-refractivity contribution >= 4 is 11.9 Å². The maximum atomic E-state index is 12.5. The molecule has 1 aromatic rings. The average molecular weight is 361 g/mol. The fourth-order valence-corrected chi connectivity index (χ4v) is 3.03. The van der Waals surface area contributed by atoms with Crippen molar-refractivity contribution < 1.29 is 9.59 Å². The zero-order chi connectivity index (χ0) is 18.9. The fourth-order valence-electron chi connectivity index (χ4n) is 3.03. The van der Waals surface area contributed by atoms with Crippen molar-refractivity contribution in [3.05, 3.63) is 35.4 Å². The first-order chi connectivity index (χ1) is 12.5. The minimum absolute atomic E-state index is 0.0220. The molecule has 1 aliphatic rings. The lowest BCUT2D eigenvalue weighted by atomic mass is 10.1. The van der Waals surface area contributed by atoms with Crippen LogP contribution in [0.5, 0.6) is 0 Å². The third-order valence-corrected chi connectivity index (χ3v) is 4.83. The number of amides is 3. The van der Waals surface area contributed by atoms with Crippen LogP contribution in [0.3, 0.4) is 0 Å². The average Bonchev–Trinajstić information content (AvgIpc) is 2.66. The van der Waals surface area contributed by atoms with Gasteiger partial charge >= 0.3 is 6.03 Å². The summed E-state index contributed by atoms with van der Waals surface area (Å²) in [4.78, 5) is 28.2. The fraction of sp³-hybridized carbons (Fsp3) is 0.600. The first-order valence-electron chi connectivity index (χ1n) is 9.66. The molecule has 6 heteroatoms. The van der Waals surface area contributed by atoms with Crippen molar-refractivity contribution in [2.45, 2.75) is 39.7 Å². The van der Waals surface area contributed by atoms with Gasteiger partial charge in [-0.15, -0.1) is 0 Å². The van der Waals surface area contributed by atoms with Crippen LogP contribution in [0.2, 0.25) is 0 Å². The smallest absolute Gasteiger partial charge is 0.317 e. The normalized spacial score (nSPS) is 16.2. The number of urea groups is 1. The molecule has 1 aliphatic heterocycles. The van der Waals surface area contributed by atoms with Crippen LogP contribution in [-0.4, -0.2) is 61.0 Å². The summed E-state index contributed by atoms with van der Waals surface area (Å²) in [6.07, 6.45) is 1.96. The number of aryl methyl sites for hydroxylation is 1. The summed E-state index contributed by atoms with van der Waals surface area (Å²) in [6.45, 7) is 10.1.